The van der Waals surface area contributed by atoms with Crippen LogP contribution in [0.25, 0.3) is 0 Å². The highest BCUT2D eigenvalue weighted by Gasteiger charge is 2.01. The number of hydrogen-bond donors (Lipinski definition) is 1. The van der Waals surface area contributed by atoms with Gasteiger partial charge in [0.15, 0.2) is 0 Å². The molecule has 0 saturated heterocycles. The van der Waals surface area contributed by atoms with Gasteiger partial charge in [-0.25, -0.2) is 0 Å². The lowest BCUT2D eigenvalue weighted by molar-refractivity contribution is 0.593. The van der Waals surface area contributed by atoms with Gasteiger partial charge in [0.2, 0.25) is 0 Å². The van der Waals surface area contributed by atoms with Crippen LogP contribution in [-0.4, -0.2) is 20.6 Å². The first-order valence-corrected chi connectivity index (χ1v) is 5.10. The molecule has 0 spiro atoms. The van der Waals surface area contributed by atoms with Crippen molar-refractivity contribution in [2.24, 2.45) is 11.7 Å². The molecule has 1 unspecified atom stereocenters. The summed E-state index contributed by atoms with van der Waals surface area (Å²) in [4.78, 5) is 2.11. The molecule has 1 atom stereocenters. The fourth-order valence-electron chi connectivity index (χ4n) is 1.42. The van der Waals surface area contributed by atoms with Gasteiger partial charge in [0, 0.05) is 19.8 Å². The van der Waals surface area contributed by atoms with Crippen LogP contribution in [0.3, 0.4) is 0 Å². The summed E-state index contributed by atoms with van der Waals surface area (Å²) >= 11 is 0. The third-order valence-electron chi connectivity index (χ3n) is 2.44. The fourth-order valence-corrected chi connectivity index (χ4v) is 1.42. The van der Waals surface area contributed by atoms with Crippen LogP contribution < -0.4 is 10.6 Å². The Bertz CT molecular complexity index is 264. The number of nitrogens with zero attached hydrogens (tertiary/aromatic N) is 1. The smallest absolute Gasteiger partial charge is 0.0361 e. The van der Waals surface area contributed by atoms with Crippen LogP contribution >= 0.6 is 0 Å². The standard InChI is InChI=1S/C12H20N2/c1-10(9-13)8-11-4-6-12(7-5-11)14(2)3/h4-7,10H,8-9,13H2,1-3H3. The lowest BCUT2D eigenvalue weighted by Gasteiger charge is -2.13. The minimum absolute atomic E-state index is 0.570. The minimum Gasteiger partial charge on any atom is -0.378 e. The number of nitrogens with two attached hydrogens (primary N) is 1. The van der Waals surface area contributed by atoms with Crippen molar-refractivity contribution in [3.8, 4) is 0 Å². The van der Waals surface area contributed by atoms with Gasteiger partial charge in [0.05, 0.1) is 0 Å². The Morgan fingerprint density at radius 1 is 1.21 bits per heavy atom. The van der Waals surface area contributed by atoms with E-state index in [0.717, 1.165) is 13.0 Å². The number of anilines is 1. The Balaban J connectivity index is 2.64. The van der Waals surface area contributed by atoms with Crippen molar-refractivity contribution >= 4 is 5.69 Å². The molecular formula is C12H20N2. The van der Waals surface area contributed by atoms with Crippen LogP contribution in [0, 0.1) is 5.92 Å². The van der Waals surface area contributed by atoms with Gasteiger partial charge in [0.1, 0.15) is 0 Å². The van der Waals surface area contributed by atoms with Crippen molar-refractivity contribution in [3.63, 3.8) is 0 Å². The number of rotatable bonds is 4. The molecule has 0 fully saturated rings. The highest BCUT2D eigenvalue weighted by molar-refractivity contribution is 5.46. The van der Waals surface area contributed by atoms with E-state index in [-0.39, 0.29) is 0 Å². The van der Waals surface area contributed by atoms with Crippen LogP contribution in [0.15, 0.2) is 24.3 Å². The van der Waals surface area contributed by atoms with E-state index in [9.17, 15) is 0 Å². The van der Waals surface area contributed by atoms with E-state index in [0.29, 0.717) is 5.92 Å². The van der Waals surface area contributed by atoms with E-state index in [1.807, 2.05) is 0 Å². The molecular weight excluding hydrogens is 172 g/mol. The first-order chi connectivity index (χ1) is 6.63. The molecule has 1 aromatic rings. The van der Waals surface area contributed by atoms with Gasteiger partial charge in [-0.15, -0.1) is 0 Å². The quantitative estimate of drug-likeness (QED) is 0.789. The van der Waals surface area contributed by atoms with Crippen LogP contribution in [0.5, 0.6) is 0 Å². The summed E-state index contributed by atoms with van der Waals surface area (Å²) in [7, 11) is 4.11. The summed E-state index contributed by atoms with van der Waals surface area (Å²) in [6.45, 7) is 2.94. The summed E-state index contributed by atoms with van der Waals surface area (Å²) < 4.78 is 0. The molecule has 0 aliphatic carbocycles. The molecule has 0 heterocycles. The van der Waals surface area contributed by atoms with E-state index in [1.165, 1.54) is 11.3 Å². The first kappa shape index (κ1) is 11.1. The maximum Gasteiger partial charge on any atom is 0.0361 e. The third kappa shape index (κ3) is 3.04. The molecule has 2 N–H and O–H groups in total. The zero-order valence-electron chi connectivity index (χ0n) is 9.33. The summed E-state index contributed by atoms with van der Waals surface area (Å²) in [6.07, 6.45) is 1.07. The van der Waals surface area contributed by atoms with E-state index < -0.39 is 0 Å². The van der Waals surface area contributed by atoms with Crippen LogP contribution in [0.4, 0.5) is 5.69 Å². The fraction of sp³-hybridized carbons (Fsp3) is 0.500. The Labute approximate surface area is 86.7 Å². The van der Waals surface area contributed by atoms with Gasteiger partial charge < -0.3 is 10.6 Å². The molecule has 0 aliphatic rings. The molecule has 0 aromatic heterocycles. The van der Waals surface area contributed by atoms with Gasteiger partial charge in [-0.3, -0.25) is 0 Å². The summed E-state index contributed by atoms with van der Waals surface area (Å²) in [5, 5.41) is 0. The molecule has 0 saturated carbocycles. The van der Waals surface area contributed by atoms with E-state index >= 15 is 0 Å². The van der Waals surface area contributed by atoms with Crippen molar-refractivity contribution in [1.82, 2.24) is 0 Å². The molecule has 0 aliphatic heterocycles. The Hall–Kier alpha value is -1.02. The van der Waals surface area contributed by atoms with Crippen molar-refractivity contribution < 1.29 is 0 Å². The molecule has 14 heavy (non-hydrogen) atoms. The molecule has 2 nitrogen and oxygen atoms in total. The van der Waals surface area contributed by atoms with Gasteiger partial charge in [-0.1, -0.05) is 19.1 Å². The second-order valence-corrected chi connectivity index (χ2v) is 4.11. The topological polar surface area (TPSA) is 29.3 Å². The molecule has 0 bridgehead atoms. The van der Waals surface area contributed by atoms with Crippen LogP contribution in [-0.2, 0) is 6.42 Å². The van der Waals surface area contributed by atoms with Gasteiger partial charge in [-0.05, 0) is 36.6 Å². The molecule has 1 rings (SSSR count). The van der Waals surface area contributed by atoms with Crippen LogP contribution in [0.1, 0.15) is 12.5 Å². The van der Waals surface area contributed by atoms with Gasteiger partial charge in [-0.2, -0.15) is 0 Å². The summed E-state index contributed by atoms with van der Waals surface area (Å²) in [5.41, 5.74) is 8.20. The maximum absolute atomic E-state index is 5.59. The summed E-state index contributed by atoms with van der Waals surface area (Å²) in [5.74, 6) is 0.570. The molecule has 2 heteroatoms. The third-order valence-corrected chi connectivity index (χ3v) is 2.44. The molecule has 1 aromatic carbocycles. The normalized spacial score (nSPS) is 12.6. The maximum atomic E-state index is 5.59. The first-order valence-electron chi connectivity index (χ1n) is 5.10. The van der Waals surface area contributed by atoms with Crippen molar-refractivity contribution in [1.29, 1.82) is 0 Å². The van der Waals surface area contributed by atoms with Crippen molar-refractivity contribution in [2.75, 3.05) is 25.5 Å². The summed E-state index contributed by atoms with van der Waals surface area (Å²) in [6, 6.07) is 8.67. The Kier molecular flexibility index (Phi) is 3.96. The molecule has 0 amide bonds. The Morgan fingerprint density at radius 2 is 1.79 bits per heavy atom. The highest BCUT2D eigenvalue weighted by Crippen LogP contribution is 2.14. The van der Waals surface area contributed by atoms with E-state index in [1.54, 1.807) is 0 Å². The predicted molar refractivity (Wildman–Crippen MR) is 62.7 cm³/mol. The Morgan fingerprint density at radius 3 is 2.21 bits per heavy atom. The minimum atomic E-state index is 0.570. The van der Waals surface area contributed by atoms with Crippen molar-refractivity contribution in [2.45, 2.75) is 13.3 Å². The lowest BCUT2D eigenvalue weighted by Crippen LogP contribution is -2.13. The molecule has 0 radical (unpaired) electrons. The zero-order valence-corrected chi connectivity index (χ0v) is 9.33. The number of benzene rings is 1. The predicted octanol–water partition coefficient (Wildman–Crippen LogP) is 1.89. The average Bonchev–Trinajstić information content (AvgIpc) is 2.18. The second kappa shape index (κ2) is 5.01. The van der Waals surface area contributed by atoms with Gasteiger partial charge >= 0.3 is 0 Å². The lowest BCUT2D eigenvalue weighted by atomic mass is 10.0. The van der Waals surface area contributed by atoms with Gasteiger partial charge in [0.25, 0.3) is 0 Å². The second-order valence-electron chi connectivity index (χ2n) is 4.11. The van der Waals surface area contributed by atoms with E-state index in [2.05, 4.69) is 50.2 Å². The monoisotopic (exact) mass is 192 g/mol. The van der Waals surface area contributed by atoms with E-state index in [4.69, 9.17) is 5.73 Å². The van der Waals surface area contributed by atoms with Crippen molar-refractivity contribution in [3.05, 3.63) is 29.8 Å². The zero-order chi connectivity index (χ0) is 10.6. The number of hydrogen-bond acceptors (Lipinski definition) is 2. The highest BCUT2D eigenvalue weighted by atomic mass is 15.1. The SMILES string of the molecule is CC(CN)Cc1ccc(N(C)C)cc1. The average molecular weight is 192 g/mol. The molecule has 78 valence electrons. The van der Waals surface area contributed by atoms with Crippen LogP contribution in [0.2, 0.25) is 0 Å². The largest absolute Gasteiger partial charge is 0.378 e.